The number of rotatable bonds is 7. The minimum absolute atomic E-state index is 0.0220. The van der Waals surface area contributed by atoms with E-state index in [2.05, 4.69) is 17.1 Å². The second kappa shape index (κ2) is 8.85. The summed E-state index contributed by atoms with van der Waals surface area (Å²) in [6, 6.07) is -0.353. The van der Waals surface area contributed by atoms with Gasteiger partial charge in [0.05, 0.1) is 19.3 Å². The van der Waals surface area contributed by atoms with E-state index in [0.29, 0.717) is 0 Å². The van der Waals surface area contributed by atoms with Crippen molar-refractivity contribution in [3.8, 4) is 0 Å². The molecule has 0 aromatic heterocycles. The Labute approximate surface area is 134 Å². The van der Waals surface area contributed by atoms with Gasteiger partial charge in [-0.25, -0.2) is 0 Å². The van der Waals surface area contributed by atoms with E-state index in [1.807, 2.05) is 0 Å². The number of nitrogens with one attached hydrogen (secondary N) is 1. The topological polar surface area (TPSA) is 67.6 Å². The highest BCUT2D eigenvalue weighted by Gasteiger charge is 2.35. The molecule has 0 aromatic carbocycles. The third-order valence-electron chi connectivity index (χ3n) is 5.15. The molecule has 1 unspecified atom stereocenters. The van der Waals surface area contributed by atoms with E-state index in [1.54, 1.807) is 0 Å². The van der Waals surface area contributed by atoms with Crippen molar-refractivity contribution in [1.82, 2.24) is 10.2 Å². The molecular formula is C17H33N3O2. The van der Waals surface area contributed by atoms with Crippen LogP contribution in [-0.4, -0.2) is 56.2 Å². The highest BCUT2D eigenvalue weighted by Crippen LogP contribution is 2.36. The fourth-order valence-electron chi connectivity index (χ4n) is 3.77. The molecule has 5 nitrogen and oxygen atoms in total. The Morgan fingerprint density at radius 3 is 2.59 bits per heavy atom. The molecule has 5 heteroatoms. The number of amides is 1. The molecule has 2 fully saturated rings. The van der Waals surface area contributed by atoms with Gasteiger partial charge in [-0.05, 0) is 19.3 Å². The summed E-state index contributed by atoms with van der Waals surface area (Å²) in [5, 5.41) is 3.15. The molecule has 3 N–H and O–H groups in total. The van der Waals surface area contributed by atoms with Crippen LogP contribution in [0.15, 0.2) is 0 Å². The van der Waals surface area contributed by atoms with Gasteiger partial charge in [0, 0.05) is 31.6 Å². The summed E-state index contributed by atoms with van der Waals surface area (Å²) in [6.07, 6.45) is 8.04. The number of morpholine rings is 1. The summed E-state index contributed by atoms with van der Waals surface area (Å²) < 4.78 is 5.45. The fraction of sp³-hybridized carbons (Fsp3) is 0.941. The van der Waals surface area contributed by atoms with E-state index in [0.717, 1.165) is 52.2 Å². The number of carbonyl (C=O) groups excluding carboxylic acids is 1. The third kappa shape index (κ3) is 5.21. The molecule has 1 aliphatic heterocycles. The number of hydrogen-bond acceptors (Lipinski definition) is 4. The lowest BCUT2D eigenvalue weighted by Crippen LogP contribution is -2.51. The second-order valence-corrected chi connectivity index (χ2v) is 7.06. The smallest absolute Gasteiger partial charge is 0.236 e. The molecule has 1 atom stereocenters. The maximum Gasteiger partial charge on any atom is 0.236 e. The minimum atomic E-state index is -0.353. The number of ether oxygens (including phenoxy) is 1. The molecule has 1 amide bonds. The van der Waals surface area contributed by atoms with Gasteiger partial charge in [-0.3, -0.25) is 9.69 Å². The first kappa shape index (κ1) is 17.7. The van der Waals surface area contributed by atoms with Gasteiger partial charge < -0.3 is 15.8 Å². The Kier molecular flexibility index (Phi) is 7.12. The van der Waals surface area contributed by atoms with Crippen molar-refractivity contribution >= 4 is 5.91 Å². The highest BCUT2D eigenvalue weighted by molar-refractivity contribution is 5.81. The zero-order valence-corrected chi connectivity index (χ0v) is 14.1. The van der Waals surface area contributed by atoms with Crippen LogP contribution in [0.1, 0.15) is 51.9 Å². The first-order valence-corrected chi connectivity index (χ1v) is 8.99. The molecule has 1 saturated carbocycles. The Morgan fingerprint density at radius 1 is 1.27 bits per heavy atom. The van der Waals surface area contributed by atoms with E-state index in [4.69, 9.17) is 10.5 Å². The Morgan fingerprint density at radius 2 is 1.95 bits per heavy atom. The average Bonchev–Trinajstić information content (AvgIpc) is 2.55. The lowest BCUT2D eigenvalue weighted by atomic mass is 9.73. The number of nitrogens with two attached hydrogens (primary N) is 1. The summed E-state index contributed by atoms with van der Waals surface area (Å²) in [5.41, 5.74) is 6.17. The standard InChI is InChI=1S/C17H33N3O2/c1-2-6-15(18)16(21)19-13-17(7-4-3-5-8-17)14-20-9-11-22-12-10-20/h15H,2-14,18H2,1H3,(H,19,21). The first-order valence-electron chi connectivity index (χ1n) is 8.99. The summed E-state index contributed by atoms with van der Waals surface area (Å²) in [6.45, 7) is 7.64. The zero-order chi connectivity index (χ0) is 15.8. The Balaban J connectivity index is 1.88. The van der Waals surface area contributed by atoms with Gasteiger partial charge >= 0.3 is 0 Å². The van der Waals surface area contributed by atoms with Crippen LogP contribution in [-0.2, 0) is 9.53 Å². The molecule has 2 aliphatic rings. The quantitative estimate of drug-likeness (QED) is 0.748. The van der Waals surface area contributed by atoms with Crippen molar-refractivity contribution in [2.45, 2.75) is 57.9 Å². The van der Waals surface area contributed by atoms with E-state index in [9.17, 15) is 4.79 Å². The van der Waals surface area contributed by atoms with Crippen molar-refractivity contribution in [1.29, 1.82) is 0 Å². The van der Waals surface area contributed by atoms with Crippen LogP contribution in [0.5, 0.6) is 0 Å². The van der Waals surface area contributed by atoms with Crippen molar-refractivity contribution < 1.29 is 9.53 Å². The maximum atomic E-state index is 12.1. The van der Waals surface area contributed by atoms with E-state index >= 15 is 0 Å². The molecule has 1 aliphatic carbocycles. The van der Waals surface area contributed by atoms with Gasteiger partial charge in [0.2, 0.25) is 5.91 Å². The number of hydrogen-bond donors (Lipinski definition) is 2. The van der Waals surface area contributed by atoms with E-state index in [-0.39, 0.29) is 17.4 Å². The number of nitrogens with zero attached hydrogens (tertiary/aromatic N) is 1. The molecule has 22 heavy (non-hydrogen) atoms. The minimum Gasteiger partial charge on any atom is -0.379 e. The SMILES string of the molecule is CCCC(N)C(=O)NCC1(CN2CCOCC2)CCCCC1. The Bertz CT molecular complexity index is 337. The molecular weight excluding hydrogens is 278 g/mol. The number of carbonyl (C=O) groups is 1. The molecule has 0 bridgehead atoms. The van der Waals surface area contributed by atoms with Crippen LogP contribution in [0.25, 0.3) is 0 Å². The van der Waals surface area contributed by atoms with Crippen molar-refractivity contribution in [3.63, 3.8) is 0 Å². The van der Waals surface area contributed by atoms with Crippen LogP contribution in [0, 0.1) is 5.41 Å². The molecule has 0 radical (unpaired) electrons. The Hall–Kier alpha value is -0.650. The van der Waals surface area contributed by atoms with E-state index < -0.39 is 0 Å². The average molecular weight is 311 g/mol. The monoisotopic (exact) mass is 311 g/mol. The van der Waals surface area contributed by atoms with Crippen LogP contribution in [0.3, 0.4) is 0 Å². The van der Waals surface area contributed by atoms with Crippen molar-refractivity contribution in [2.24, 2.45) is 11.1 Å². The molecule has 0 spiro atoms. The van der Waals surface area contributed by atoms with Gasteiger partial charge in [-0.2, -0.15) is 0 Å². The molecule has 1 heterocycles. The predicted molar refractivity (Wildman–Crippen MR) is 88.7 cm³/mol. The lowest BCUT2D eigenvalue weighted by Gasteiger charge is -2.42. The maximum absolute atomic E-state index is 12.1. The largest absolute Gasteiger partial charge is 0.379 e. The van der Waals surface area contributed by atoms with Crippen molar-refractivity contribution in [3.05, 3.63) is 0 Å². The fourth-order valence-corrected chi connectivity index (χ4v) is 3.77. The molecule has 1 saturated heterocycles. The van der Waals surface area contributed by atoms with Crippen LogP contribution >= 0.6 is 0 Å². The normalized spacial score (nSPS) is 23.9. The van der Waals surface area contributed by atoms with Gasteiger partial charge in [0.15, 0.2) is 0 Å². The summed E-state index contributed by atoms with van der Waals surface area (Å²) >= 11 is 0. The van der Waals surface area contributed by atoms with Gasteiger partial charge in [0.1, 0.15) is 0 Å². The van der Waals surface area contributed by atoms with E-state index in [1.165, 1.54) is 32.1 Å². The van der Waals surface area contributed by atoms with Gasteiger partial charge in [-0.1, -0.05) is 32.6 Å². The van der Waals surface area contributed by atoms with Crippen molar-refractivity contribution in [2.75, 3.05) is 39.4 Å². The van der Waals surface area contributed by atoms with Crippen LogP contribution < -0.4 is 11.1 Å². The molecule has 128 valence electrons. The summed E-state index contributed by atoms with van der Waals surface area (Å²) in [5.74, 6) is 0.0220. The van der Waals surface area contributed by atoms with Gasteiger partial charge in [0.25, 0.3) is 0 Å². The third-order valence-corrected chi connectivity index (χ3v) is 5.15. The summed E-state index contributed by atoms with van der Waals surface area (Å²) in [4.78, 5) is 14.6. The molecule has 2 rings (SSSR count). The first-order chi connectivity index (χ1) is 10.7. The van der Waals surface area contributed by atoms with Gasteiger partial charge in [-0.15, -0.1) is 0 Å². The summed E-state index contributed by atoms with van der Waals surface area (Å²) in [7, 11) is 0. The van der Waals surface area contributed by atoms with Crippen LogP contribution in [0.2, 0.25) is 0 Å². The second-order valence-electron chi connectivity index (χ2n) is 7.06. The highest BCUT2D eigenvalue weighted by atomic mass is 16.5. The predicted octanol–water partition coefficient (Wildman–Crippen LogP) is 1.51. The lowest BCUT2D eigenvalue weighted by molar-refractivity contribution is -0.123. The molecule has 0 aromatic rings. The zero-order valence-electron chi connectivity index (χ0n) is 14.1. The van der Waals surface area contributed by atoms with Crippen LogP contribution in [0.4, 0.5) is 0 Å².